The molecular weight excluding hydrogens is 234 g/mol. The number of likely N-dealkylation sites (N-methyl/N-ethyl adjacent to an activating group) is 1. The number of likely N-dealkylation sites (tertiary alicyclic amines) is 1. The topological polar surface area (TPSA) is 82.5 Å². The van der Waals surface area contributed by atoms with Crippen molar-refractivity contribution in [3.05, 3.63) is 29.6 Å². The number of carboxylic acids is 1. The molecule has 2 rings (SSSR count). The fourth-order valence-electron chi connectivity index (χ4n) is 1.99. The third-order valence-electron chi connectivity index (χ3n) is 2.93. The molecule has 0 saturated carbocycles. The number of aromatic nitrogens is 1. The first-order chi connectivity index (χ1) is 8.56. The molecule has 1 aliphatic heterocycles. The van der Waals surface area contributed by atoms with E-state index >= 15 is 0 Å². The highest BCUT2D eigenvalue weighted by Gasteiger charge is 2.22. The van der Waals surface area contributed by atoms with E-state index < -0.39 is 5.97 Å². The molecule has 0 bridgehead atoms. The van der Waals surface area contributed by atoms with E-state index in [0.29, 0.717) is 0 Å². The van der Waals surface area contributed by atoms with E-state index in [1.807, 2.05) is 7.05 Å². The van der Waals surface area contributed by atoms with Gasteiger partial charge in [-0.05, 0) is 32.1 Å². The molecule has 1 unspecified atom stereocenters. The molecule has 1 saturated heterocycles. The lowest BCUT2D eigenvalue weighted by Crippen LogP contribution is -2.37. The van der Waals surface area contributed by atoms with Crippen LogP contribution in [0, 0.1) is 0 Å². The third kappa shape index (κ3) is 2.84. The zero-order chi connectivity index (χ0) is 13.1. The summed E-state index contributed by atoms with van der Waals surface area (Å²) in [5.41, 5.74) is 0.0237. The van der Waals surface area contributed by atoms with Gasteiger partial charge in [0, 0.05) is 12.6 Å². The standard InChI is InChI=1S/C12H15N3O3/c1-15-6-5-8(7-15)13-11(16)9-3-2-4-10(14-9)12(17)18/h2-4,8H,5-7H2,1H3,(H,13,16)(H,17,18). The number of nitrogens with one attached hydrogen (secondary N) is 1. The van der Waals surface area contributed by atoms with Gasteiger partial charge >= 0.3 is 5.97 Å². The van der Waals surface area contributed by atoms with Crippen LogP contribution in [0.5, 0.6) is 0 Å². The van der Waals surface area contributed by atoms with Crippen LogP contribution in [0.2, 0.25) is 0 Å². The Bertz CT molecular complexity index is 475. The van der Waals surface area contributed by atoms with Crippen molar-refractivity contribution in [1.82, 2.24) is 15.2 Å². The Hall–Kier alpha value is -1.95. The second kappa shape index (κ2) is 5.14. The molecule has 96 valence electrons. The lowest BCUT2D eigenvalue weighted by Gasteiger charge is -2.12. The largest absolute Gasteiger partial charge is 0.477 e. The minimum atomic E-state index is -1.13. The second-order valence-electron chi connectivity index (χ2n) is 4.43. The van der Waals surface area contributed by atoms with Crippen LogP contribution in [0.1, 0.15) is 27.4 Å². The molecule has 1 aromatic heterocycles. The Morgan fingerprint density at radius 3 is 2.78 bits per heavy atom. The monoisotopic (exact) mass is 249 g/mol. The first kappa shape index (κ1) is 12.5. The highest BCUT2D eigenvalue weighted by molar-refractivity contribution is 5.94. The van der Waals surface area contributed by atoms with Gasteiger partial charge in [-0.3, -0.25) is 4.79 Å². The predicted molar refractivity (Wildman–Crippen MR) is 64.6 cm³/mol. The van der Waals surface area contributed by atoms with Crippen LogP contribution in [0.4, 0.5) is 0 Å². The van der Waals surface area contributed by atoms with E-state index in [1.165, 1.54) is 18.2 Å². The van der Waals surface area contributed by atoms with E-state index in [4.69, 9.17) is 5.11 Å². The number of aromatic carboxylic acids is 1. The summed E-state index contributed by atoms with van der Waals surface area (Å²) < 4.78 is 0. The molecule has 1 aromatic rings. The third-order valence-corrected chi connectivity index (χ3v) is 2.93. The maximum absolute atomic E-state index is 11.9. The zero-order valence-corrected chi connectivity index (χ0v) is 10.1. The Morgan fingerprint density at radius 1 is 1.44 bits per heavy atom. The number of pyridine rings is 1. The molecule has 0 aromatic carbocycles. The normalized spacial score (nSPS) is 19.7. The number of carbonyl (C=O) groups excluding carboxylic acids is 1. The number of carbonyl (C=O) groups is 2. The lowest BCUT2D eigenvalue weighted by molar-refractivity contribution is 0.0690. The van der Waals surface area contributed by atoms with Gasteiger partial charge in [0.25, 0.3) is 5.91 Å². The predicted octanol–water partition coefficient (Wildman–Crippen LogP) is 0.214. The Kier molecular flexibility index (Phi) is 3.57. The molecule has 2 heterocycles. The van der Waals surface area contributed by atoms with Gasteiger partial charge < -0.3 is 15.3 Å². The summed E-state index contributed by atoms with van der Waals surface area (Å²) >= 11 is 0. The molecule has 0 radical (unpaired) electrons. The smallest absolute Gasteiger partial charge is 0.354 e. The molecule has 1 aliphatic rings. The van der Waals surface area contributed by atoms with Crippen molar-refractivity contribution in [2.45, 2.75) is 12.5 Å². The van der Waals surface area contributed by atoms with Gasteiger partial charge in [0.1, 0.15) is 11.4 Å². The first-order valence-corrected chi connectivity index (χ1v) is 5.76. The Labute approximate surface area is 105 Å². The molecule has 1 amide bonds. The van der Waals surface area contributed by atoms with E-state index in [9.17, 15) is 9.59 Å². The summed E-state index contributed by atoms with van der Waals surface area (Å²) in [6.45, 7) is 1.76. The minimum Gasteiger partial charge on any atom is -0.477 e. The Morgan fingerprint density at radius 2 is 2.17 bits per heavy atom. The Balaban J connectivity index is 2.04. The summed E-state index contributed by atoms with van der Waals surface area (Å²) in [7, 11) is 2.00. The summed E-state index contributed by atoms with van der Waals surface area (Å²) in [6, 6.07) is 4.51. The van der Waals surface area contributed by atoms with E-state index in [-0.39, 0.29) is 23.3 Å². The van der Waals surface area contributed by atoms with Crippen molar-refractivity contribution >= 4 is 11.9 Å². The van der Waals surface area contributed by atoms with E-state index in [0.717, 1.165) is 19.5 Å². The van der Waals surface area contributed by atoms with Crippen LogP contribution < -0.4 is 5.32 Å². The average molecular weight is 249 g/mol. The molecule has 1 fully saturated rings. The maximum Gasteiger partial charge on any atom is 0.354 e. The van der Waals surface area contributed by atoms with Gasteiger partial charge in [-0.1, -0.05) is 6.07 Å². The van der Waals surface area contributed by atoms with Crippen LogP contribution in [0.3, 0.4) is 0 Å². The van der Waals surface area contributed by atoms with Gasteiger partial charge in [0.15, 0.2) is 0 Å². The van der Waals surface area contributed by atoms with Crippen LogP contribution in [0.25, 0.3) is 0 Å². The fraction of sp³-hybridized carbons (Fsp3) is 0.417. The van der Waals surface area contributed by atoms with Crippen LogP contribution in [-0.2, 0) is 0 Å². The van der Waals surface area contributed by atoms with Crippen molar-refractivity contribution in [2.75, 3.05) is 20.1 Å². The molecule has 1 atom stereocenters. The van der Waals surface area contributed by atoms with Crippen LogP contribution in [0.15, 0.2) is 18.2 Å². The number of nitrogens with zero attached hydrogens (tertiary/aromatic N) is 2. The van der Waals surface area contributed by atoms with Crippen LogP contribution >= 0.6 is 0 Å². The quantitative estimate of drug-likeness (QED) is 0.800. The molecule has 6 nitrogen and oxygen atoms in total. The van der Waals surface area contributed by atoms with Gasteiger partial charge in [-0.25, -0.2) is 9.78 Å². The van der Waals surface area contributed by atoms with Crippen molar-refractivity contribution < 1.29 is 14.7 Å². The molecule has 18 heavy (non-hydrogen) atoms. The van der Waals surface area contributed by atoms with Crippen molar-refractivity contribution in [3.63, 3.8) is 0 Å². The molecule has 0 aliphatic carbocycles. The van der Waals surface area contributed by atoms with Gasteiger partial charge in [0.05, 0.1) is 0 Å². The average Bonchev–Trinajstić information content (AvgIpc) is 2.75. The van der Waals surface area contributed by atoms with Gasteiger partial charge in [-0.2, -0.15) is 0 Å². The van der Waals surface area contributed by atoms with E-state index in [1.54, 1.807) is 0 Å². The zero-order valence-electron chi connectivity index (χ0n) is 10.1. The molecule has 0 spiro atoms. The highest BCUT2D eigenvalue weighted by atomic mass is 16.4. The first-order valence-electron chi connectivity index (χ1n) is 5.76. The number of hydrogen-bond acceptors (Lipinski definition) is 4. The molecule has 2 N–H and O–H groups in total. The summed E-state index contributed by atoms with van der Waals surface area (Å²) in [5, 5.41) is 11.7. The number of amides is 1. The second-order valence-corrected chi connectivity index (χ2v) is 4.43. The summed E-state index contributed by atoms with van der Waals surface area (Å²) in [4.78, 5) is 28.6. The number of carboxylic acid groups (broad SMARTS) is 1. The van der Waals surface area contributed by atoms with Crippen molar-refractivity contribution in [3.8, 4) is 0 Å². The highest BCUT2D eigenvalue weighted by Crippen LogP contribution is 2.07. The minimum absolute atomic E-state index is 0.109. The van der Waals surface area contributed by atoms with Crippen molar-refractivity contribution in [2.24, 2.45) is 0 Å². The number of hydrogen-bond donors (Lipinski definition) is 2. The summed E-state index contributed by atoms with van der Waals surface area (Å²) in [5.74, 6) is -1.45. The maximum atomic E-state index is 11.9. The summed E-state index contributed by atoms with van der Waals surface area (Å²) in [6.07, 6.45) is 0.904. The number of rotatable bonds is 3. The van der Waals surface area contributed by atoms with Gasteiger partial charge in [0.2, 0.25) is 0 Å². The molecular formula is C12H15N3O3. The van der Waals surface area contributed by atoms with Crippen LogP contribution in [-0.4, -0.2) is 53.0 Å². The van der Waals surface area contributed by atoms with E-state index in [2.05, 4.69) is 15.2 Å². The SMILES string of the molecule is CN1CCC(NC(=O)c2cccc(C(=O)O)n2)C1. The van der Waals surface area contributed by atoms with Crippen molar-refractivity contribution in [1.29, 1.82) is 0 Å². The fourth-order valence-corrected chi connectivity index (χ4v) is 1.99. The lowest BCUT2D eigenvalue weighted by atomic mass is 10.2. The van der Waals surface area contributed by atoms with Gasteiger partial charge in [-0.15, -0.1) is 0 Å². The molecule has 6 heteroatoms.